The lowest BCUT2D eigenvalue weighted by atomic mass is 10.3. The van der Waals surface area contributed by atoms with Gasteiger partial charge in [-0.25, -0.2) is 12.7 Å². The summed E-state index contributed by atoms with van der Waals surface area (Å²) < 4.78 is 26.1. The van der Waals surface area contributed by atoms with Crippen molar-refractivity contribution in [2.45, 2.75) is 11.3 Å². The van der Waals surface area contributed by atoms with Crippen LogP contribution in [0.1, 0.15) is 5.69 Å². The number of halogens is 1. The first-order valence-electron chi connectivity index (χ1n) is 6.12. The van der Waals surface area contributed by atoms with E-state index in [1.165, 1.54) is 10.4 Å². The van der Waals surface area contributed by atoms with Crippen LogP contribution in [0.25, 0.3) is 0 Å². The number of benzene rings is 1. The number of rotatable bonds is 5. The van der Waals surface area contributed by atoms with Crippen LogP contribution in [0.2, 0.25) is 5.02 Å². The number of hydrogen-bond donors (Lipinski definition) is 0. The van der Waals surface area contributed by atoms with E-state index in [1.807, 2.05) is 18.2 Å². The van der Waals surface area contributed by atoms with Gasteiger partial charge in [0.25, 0.3) is 0 Å². The van der Waals surface area contributed by atoms with Crippen LogP contribution in [0.4, 0.5) is 0 Å². The molecule has 0 radical (unpaired) electrons. The Balaban J connectivity index is 2.12. The Kier molecular flexibility index (Phi) is 4.75. The summed E-state index contributed by atoms with van der Waals surface area (Å²) in [6, 6.07) is 12.0. The molecule has 1 aromatic carbocycles. The van der Waals surface area contributed by atoms with Gasteiger partial charge in [0.05, 0.1) is 5.02 Å². The molecule has 0 amide bonds. The Bertz CT molecular complexity index is 675. The first-order chi connectivity index (χ1) is 9.51. The molecule has 4 nitrogen and oxygen atoms in total. The van der Waals surface area contributed by atoms with Crippen molar-refractivity contribution in [3.63, 3.8) is 0 Å². The molecule has 0 N–H and O–H groups in total. The van der Waals surface area contributed by atoms with Gasteiger partial charge in [0.15, 0.2) is 0 Å². The molecule has 0 saturated carbocycles. The van der Waals surface area contributed by atoms with Crippen molar-refractivity contribution < 1.29 is 8.42 Å². The largest absolute Gasteiger partial charge is 0.261 e. The smallest absolute Gasteiger partial charge is 0.244 e. The highest BCUT2D eigenvalue weighted by Gasteiger charge is 2.22. The van der Waals surface area contributed by atoms with Gasteiger partial charge in [0, 0.05) is 31.9 Å². The maximum Gasteiger partial charge on any atom is 0.244 e. The van der Waals surface area contributed by atoms with Crippen molar-refractivity contribution >= 4 is 21.6 Å². The van der Waals surface area contributed by atoms with Crippen molar-refractivity contribution in [1.82, 2.24) is 9.29 Å². The molecule has 0 fully saturated rings. The molecule has 6 heteroatoms. The van der Waals surface area contributed by atoms with Crippen LogP contribution < -0.4 is 0 Å². The molecule has 0 atom stereocenters. The fourth-order valence-electron chi connectivity index (χ4n) is 1.76. The summed E-state index contributed by atoms with van der Waals surface area (Å²) in [6.45, 7) is 0.352. The predicted molar refractivity (Wildman–Crippen MR) is 79.2 cm³/mol. The highest BCUT2D eigenvalue weighted by atomic mass is 35.5. The number of pyridine rings is 1. The summed E-state index contributed by atoms with van der Waals surface area (Å²) in [7, 11) is -2.02. The molecule has 2 aromatic rings. The van der Waals surface area contributed by atoms with Gasteiger partial charge in [-0.15, -0.1) is 0 Å². The Hall–Kier alpha value is -1.43. The average molecular weight is 311 g/mol. The zero-order valence-corrected chi connectivity index (χ0v) is 12.6. The van der Waals surface area contributed by atoms with Gasteiger partial charge in [-0.1, -0.05) is 29.8 Å². The van der Waals surface area contributed by atoms with Gasteiger partial charge in [0.2, 0.25) is 10.0 Å². The quantitative estimate of drug-likeness (QED) is 0.853. The second kappa shape index (κ2) is 6.35. The standard InChI is InChI=1S/C14H15ClN2O2S/c1-17(11-9-12-6-4-5-10-16-12)20(18,19)14-8-3-2-7-13(14)15/h2-8,10H,9,11H2,1H3. The lowest BCUT2D eigenvalue weighted by Gasteiger charge is -2.17. The zero-order chi connectivity index (χ0) is 14.6. The lowest BCUT2D eigenvalue weighted by molar-refractivity contribution is 0.471. The van der Waals surface area contributed by atoms with E-state index in [-0.39, 0.29) is 9.92 Å². The second-order valence-electron chi connectivity index (χ2n) is 4.33. The average Bonchev–Trinajstić information content (AvgIpc) is 2.46. The summed E-state index contributed by atoms with van der Waals surface area (Å²) in [4.78, 5) is 4.31. The maximum absolute atomic E-state index is 12.4. The molecule has 0 aliphatic carbocycles. The molecule has 0 aliphatic heterocycles. The fraction of sp³-hybridized carbons (Fsp3) is 0.214. The maximum atomic E-state index is 12.4. The summed E-state index contributed by atoms with van der Waals surface area (Å²) in [5.74, 6) is 0. The third-order valence-electron chi connectivity index (χ3n) is 2.93. The number of sulfonamides is 1. The van der Waals surface area contributed by atoms with E-state index >= 15 is 0 Å². The topological polar surface area (TPSA) is 50.3 Å². The molecular weight excluding hydrogens is 296 g/mol. The Labute approximate surface area is 124 Å². The van der Waals surface area contributed by atoms with Crippen molar-refractivity contribution in [2.75, 3.05) is 13.6 Å². The minimum Gasteiger partial charge on any atom is -0.261 e. The Morgan fingerprint density at radius 1 is 1.15 bits per heavy atom. The summed E-state index contributed by atoms with van der Waals surface area (Å²) in [5, 5.41) is 0.234. The van der Waals surface area contributed by atoms with Crippen LogP contribution in [0.15, 0.2) is 53.6 Å². The van der Waals surface area contributed by atoms with Crippen LogP contribution in [0.5, 0.6) is 0 Å². The molecule has 0 aliphatic rings. The molecule has 106 valence electrons. The number of hydrogen-bond acceptors (Lipinski definition) is 3. The molecule has 20 heavy (non-hydrogen) atoms. The van der Waals surface area contributed by atoms with E-state index in [2.05, 4.69) is 4.98 Å². The summed E-state index contributed by atoms with van der Waals surface area (Å²) in [6.07, 6.45) is 2.25. The van der Waals surface area contributed by atoms with Crippen LogP contribution in [0, 0.1) is 0 Å². The van der Waals surface area contributed by atoms with E-state index in [4.69, 9.17) is 11.6 Å². The van der Waals surface area contributed by atoms with Crippen molar-refractivity contribution in [3.8, 4) is 0 Å². The third-order valence-corrected chi connectivity index (χ3v) is 5.29. The van der Waals surface area contributed by atoms with Crippen LogP contribution in [0.3, 0.4) is 0 Å². The number of likely N-dealkylation sites (N-methyl/N-ethyl adjacent to an activating group) is 1. The molecular formula is C14H15ClN2O2S. The Morgan fingerprint density at radius 3 is 2.50 bits per heavy atom. The predicted octanol–water partition coefficient (Wildman–Crippen LogP) is 2.60. The highest BCUT2D eigenvalue weighted by molar-refractivity contribution is 7.89. The number of nitrogens with zero attached hydrogens (tertiary/aromatic N) is 2. The van der Waals surface area contributed by atoms with Gasteiger partial charge >= 0.3 is 0 Å². The first kappa shape index (κ1) is 15.0. The minimum atomic E-state index is -3.57. The van der Waals surface area contributed by atoms with E-state index in [0.29, 0.717) is 13.0 Å². The van der Waals surface area contributed by atoms with Gasteiger partial charge in [-0.05, 0) is 24.3 Å². The van der Waals surface area contributed by atoms with Crippen molar-refractivity contribution in [3.05, 3.63) is 59.4 Å². The van der Waals surface area contributed by atoms with Gasteiger partial charge in [-0.2, -0.15) is 0 Å². The minimum absolute atomic E-state index is 0.130. The SMILES string of the molecule is CN(CCc1ccccn1)S(=O)(=O)c1ccccc1Cl. The molecule has 0 unspecified atom stereocenters. The van der Waals surface area contributed by atoms with Gasteiger partial charge < -0.3 is 0 Å². The normalized spacial score (nSPS) is 11.8. The monoisotopic (exact) mass is 310 g/mol. The second-order valence-corrected chi connectivity index (χ2v) is 6.75. The lowest BCUT2D eigenvalue weighted by Crippen LogP contribution is -2.29. The zero-order valence-electron chi connectivity index (χ0n) is 11.0. The molecule has 1 heterocycles. The van der Waals surface area contributed by atoms with E-state index in [9.17, 15) is 8.42 Å². The highest BCUT2D eigenvalue weighted by Crippen LogP contribution is 2.23. The van der Waals surface area contributed by atoms with Gasteiger partial charge in [0.1, 0.15) is 4.90 Å². The summed E-state index contributed by atoms with van der Waals surface area (Å²) in [5.41, 5.74) is 0.855. The van der Waals surface area contributed by atoms with Crippen molar-refractivity contribution in [1.29, 1.82) is 0 Å². The fourth-order valence-corrected chi connectivity index (χ4v) is 3.42. The molecule has 0 spiro atoms. The molecule has 1 aromatic heterocycles. The van der Waals surface area contributed by atoms with Crippen molar-refractivity contribution in [2.24, 2.45) is 0 Å². The first-order valence-corrected chi connectivity index (χ1v) is 7.94. The van der Waals surface area contributed by atoms with E-state index < -0.39 is 10.0 Å². The number of aromatic nitrogens is 1. The summed E-state index contributed by atoms with van der Waals surface area (Å²) >= 11 is 5.95. The Morgan fingerprint density at radius 2 is 1.85 bits per heavy atom. The van der Waals surface area contributed by atoms with E-state index in [1.54, 1.807) is 31.4 Å². The molecule has 0 saturated heterocycles. The molecule has 2 rings (SSSR count). The molecule has 0 bridgehead atoms. The van der Waals surface area contributed by atoms with Gasteiger partial charge in [-0.3, -0.25) is 4.98 Å². The van der Waals surface area contributed by atoms with Crippen LogP contribution >= 0.6 is 11.6 Å². The van der Waals surface area contributed by atoms with Crippen LogP contribution in [-0.4, -0.2) is 31.3 Å². The third kappa shape index (κ3) is 3.36. The van der Waals surface area contributed by atoms with Crippen LogP contribution in [-0.2, 0) is 16.4 Å². The van der Waals surface area contributed by atoms with E-state index in [0.717, 1.165) is 5.69 Å².